The van der Waals surface area contributed by atoms with Gasteiger partial charge in [0, 0.05) is 59.6 Å². The molecular formula is C44H35F5N6O11. The van der Waals surface area contributed by atoms with E-state index in [1.807, 2.05) is 6.07 Å². The molecule has 0 atom stereocenters. The van der Waals surface area contributed by atoms with E-state index in [1.165, 1.54) is 54.4 Å². The number of amides is 2. The second kappa shape index (κ2) is 18.7. The summed E-state index contributed by atoms with van der Waals surface area (Å²) in [6, 6.07) is 18.3. The molecule has 2 aliphatic heterocycles. The van der Waals surface area contributed by atoms with Gasteiger partial charge < -0.3 is 42.5 Å². The largest absolute Gasteiger partial charge is 0.573 e. The molecule has 6 aromatic rings. The van der Waals surface area contributed by atoms with E-state index in [-0.39, 0.29) is 83.7 Å². The number of esters is 2. The Morgan fingerprint density at radius 3 is 1.56 bits per heavy atom. The van der Waals surface area contributed by atoms with Crippen molar-refractivity contribution in [3.8, 4) is 68.7 Å². The summed E-state index contributed by atoms with van der Waals surface area (Å²) < 4.78 is 98.5. The van der Waals surface area contributed by atoms with Crippen LogP contribution in [0.25, 0.3) is 45.7 Å². The first kappa shape index (κ1) is 44.7. The summed E-state index contributed by atoms with van der Waals surface area (Å²) in [5.74, 6) is -2.99. The average Bonchev–Trinajstić information content (AvgIpc) is 4.13. The fraction of sp³-hybridized carbons (Fsp3) is 0.273. The summed E-state index contributed by atoms with van der Waals surface area (Å²) in [6.45, 7) is -2.38. The van der Waals surface area contributed by atoms with E-state index >= 15 is 0 Å². The van der Waals surface area contributed by atoms with E-state index < -0.39 is 30.7 Å². The first-order valence-corrected chi connectivity index (χ1v) is 20.0. The lowest BCUT2D eigenvalue weighted by atomic mass is 10.1. The highest BCUT2D eigenvalue weighted by Crippen LogP contribution is 2.38. The van der Waals surface area contributed by atoms with Crippen LogP contribution in [0.3, 0.4) is 0 Å². The molecule has 342 valence electrons. The molecule has 0 radical (unpaired) electrons. The molecule has 0 saturated heterocycles. The maximum atomic E-state index is 13.2. The van der Waals surface area contributed by atoms with Crippen molar-refractivity contribution in [1.82, 2.24) is 20.3 Å². The number of hydrogen-bond acceptors (Lipinski definition) is 15. The van der Waals surface area contributed by atoms with Crippen LogP contribution in [-0.4, -0.2) is 84.3 Å². The van der Waals surface area contributed by atoms with Crippen molar-refractivity contribution in [2.45, 2.75) is 51.5 Å². The van der Waals surface area contributed by atoms with Gasteiger partial charge in [0.2, 0.25) is 23.5 Å². The maximum absolute atomic E-state index is 13.2. The molecule has 0 aliphatic carbocycles. The molecular weight excluding hydrogens is 884 g/mol. The molecule has 17 nitrogen and oxygen atoms in total. The number of fused-ring (bicyclic) bond motifs is 2. The zero-order valence-corrected chi connectivity index (χ0v) is 34.7. The van der Waals surface area contributed by atoms with E-state index in [0.29, 0.717) is 54.0 Å². The number of alkyl halides is 5. The van der Waals surface area contributed by atoms with Crippen LogP contribution in [-0.2, 0) is 36.8 Å². The lowest BCUT2D eigenvalue weighted by Crippen LogP contribution is -2.30. The highest BCUT2D eigenvalue weighted by Gasteiger charge is 2.33. The lowest BCUT2D eigenvalue weighted by Gasteiger charge is -2.17. The summed E-state index contributed by atoms with van der Waals surface area (Å²) >= 11 is 0. The first-order chi connectivity index (χ1) is 31.7. The van der Waals surface area contributed by atoms with Gasteiger partial charge in [-0.05, 0) is 96.8 Å². The Balaban J connectivity index is 0.800. The molecule has 0 unspecified atom stereocenters. The van der Waals surface area contributed by atoms with Crippen molar-refractivity contribution in [3.63, 3.8) is 0 Å². The Hall–Kier alpha value is -7.91. The van der Waals surface area contributed by atoms with Gasteiger partial charge in [0.25, 0.3) is 11.8 Å². The molecule has 22 heteroatoms. The monoisotopic (exact) mass is 918 g/mol. The molecule has 0 fully saturated rings. The number of aromatic nitrogens is 4. The molecule has 66 heavy (non-hydrogen) atoms. The number of hydrogen-bond donors (Lipinski definition) is 0. The fourth-order valence-electron chi connectivity index (χ4n) is 7.44. The van der Waals surface area contributed by atoms with Crippen LogP contribution in [0, 0.1) is 0 Å². The van der Waals surface area contributed by atoms with Gasteiger partial charge in [-0.25, -0.2) is 0 Å². The predicted octanol–water partition coefficient (Wildman–Crippen LogP) is 7.75. The van der Waals surface area contributed by atoms with E-state index in [0.717, 1.165) is 17.2 Å². The van der Waals surface area contributed by atoms with Crippen LogP contribution in [0.4, 0.5) is 33.3 Å². The minimum absolute atomic E-state index is 0.0485. The predicted molar refractivity (Wildman–Crippen MR) is 218 cm³/mol. The van der Waals surface area contributed by atoms with Crippen molar-refractivity contribution in [2.75, 3.05) is 37.1 Å². The van der Waals surface area contributed by atoms with E-state index in [9.17, 15) is 41.1 Å². The van der Waals surface area contributed by atoms with Gasteiger partial charge in [0.15, 0.2) is 23.0 Å². The second-order valence-corrected chi connectivity index (χ2v) is 14.6. The Bertz CT molecular complexity index is 2830. The van der Waals surface area contributed by atoms with Gasteiger partial charge in [-0.2, -0.15) is 18.7 Å². The summed E-state index contributed by atoms with van der Waals surface area (Å²) in [4.78, 5) is 63.2. The van der Waals surface area contributed by atoms with Crippen LogP contribution < -0.4 is 28.7 Å². The Kier molecular flexibility index (Phi) is 12.6. The van der Waals surface area contributed by atoms with Gasteiger partial charge in [-0.3, -0.25) is 19.2 Å². The average molecular weight is 919 g/mol. The zero-order valence-electron chi connectivity index (χ0n) is 34.7. The topological polar surface area (TPSA) is 199 Å². The summed E-state index contributed by atoms with van der Waals surface area (Å²) in [6.07, 6.45) is -5.22. The molecule has 2 amide bonds. The molecule has 0 saturated carbocycles. The third-order valence-corrected chi connectivity index (χ3v) is 10.5. The fourth-order valence-corrected chi connectivity index (χ4v) is 7.44. The normalized spacial score (nSPS) is 13.1. The Morgan fingerprint density at radius 2 is 1.09 bits per heavy atom. The van der Waals surface area contributed by atoms with Crippen molar-refractivity contribution < 1.29 is 73.9 Å². The van der Waals surface area contributed by atoms with E-state index in [1.54, 1.807) is 30.3 Å². The highest BCUT2D eigenvalue weighted by atomic mass is 19.4. The van der Waals surface area contributed by atoms with Gasteiger partial charge in [-0.15, -0.1) is 13.2 Å². The SMILES string of the molecule is COc1cc(-c2nc(-c3ccc4c(c3)CCN4C(=O)CCC(=O)OC(=O)CCC(=O)N3CCc4cc(-c5noc(-c6ccc(OC)c(OC(F)(F)F)c6)n5)ccc43)no2)ccc1OC(F)F. The summed E-state index contributed by atoms with van der Waals surface area (Å²) in [5, 5.41) is 7.99. The molecule has 0 bridgehead atoms. The number of benzene rings is 4. The maximum Gasteiger partial charge on any atom is 0.573 e. The number of rotatable bonds is 15. The molecule has 0 spiro atoms. The molecule has 2 aliphatic rings. The summed E-state index contributed by atoms with van der Waals surface area (Å²) in [5.41, 5.74) is 4.50. The minimum Gasteiger partial charge on any atom is -0.493 e. The smallest absolute Gasteiger partial charge is 0.493 e. The van der Waals surface area contributed by atoms with Crippen LogP contribution in [0.1, 0.15) is 36.8 Å². The second-order valence-electron chi connectivity index (χ2n) is 14.6. The van der Waals surface area contributed by atoms with Gasteiger partial charge >= 0.3 is 24.9 Å². The van der Waals surface area contributed by atoms with E-state index in [2.05, 4.69) is 29.8 Å². The number of carbonyl (C=O) groups excluding carboxylic acids is 4. The van der Waals surface area contributed by atoms with Crippen molar-refractivity contribution in [3.05, 3.63) is 83.9 Å². The molecule has 2 aromatic heterocycles. The quantitative estimate of drug-likeness (QED) is 0.0550. The Morgan fingerprint density at radius 1 is 0.621 bits per heavy atom. The van der Waals surface area contributed by atoms with E-state index in [4.69, 9.17) is 23.3 Å². The van der Waals surface area contributed by atoms with Crippen LogP contribution in [0.5, 0.6) is 23.0 Å². The van der Waals surface area contributed by atoms with Crippen LogP contribution in [0.2, 0.25) is 0 Å². The van der Waals surface area contributed by atoms with Crippen molar-refractivity contribution in [1.29, 1.82) is 0 Å². The minimum atomic E-state index is -4.96. The van der Waals surface area contributed by atoms with Gasteiger partial charge in [0.1, 0.15) is 0 Å². The van der Waals surface area contributed by atoms with Gasteiger partial charge in [0.05, 0.1) is 27.1 Å². The van der Waals surface area contributed by atoms with Crippen molar-refractivity contribution >= 4 is 35.1 Å². The number of anilines is 2. The standard InChI is InChI=1S/C44H35F5N6O11/c1-60-31-9-5-28(22-34(31)64-44(47,48)49)42-51-40(53-66-42)26-4-8-30-24(20-26)16-18-55(30)36(57)12-14-38(59)63-37(58)13-11-35(56)54-17-15-23-19-25(3-7-29(23)54)39-50-41(65-52-39)27-6-10-32(62-43(45)46)33(21-27)61-2/h3-10,19-22,43H,11-18H2,1-2H3. The van der Waals surface area contributed by atoms with Gasteiger partial charge in [-0.1, -0.05) is 10.3 Å². The van der Waals surface area contributed by atoms with Crippen LogP contribution >= 0.6 is 0 Å². The molecule has 4 aromatic carbocycles. The molecule has 0 N–H and O–H groups in total. The third-order valence-electron chi connectivity index (χ3n) is 10.5. The number of halogens is 5. The van der Waals surface area contributed by atoms with Crippen LogP contribution in [0.15, 0.2) is 81.8 Å². The first-order valence-electron chi connectivity index (χ1n) is 20.0. The number of methoxy groups -OCH3 is 2. The molecule has 4 heterocycles. The number of ether oxygens (including phenoxy) is 5. The molecule has 8 rings (SSSR count). The highest BCUT2D eigenvalue weighted by molar-refractivity contribution is 5.99. The summed E-state index contributed by atoms with van der Waals surface area (Å²) in [7, 11) is 2.51. The number of nitrogens with zero attached hydrogens (tertiary/aromatic N) is 6. The zero-order chi connectivity index (χ0) is 46.7. The van der Waals surface area contributed by atoms with Crippen molar-refractivity contribution in [2.24, 2.45) is 0 Å². The Labute approximate surface area is 369 Å². The third kappa shape index (κ3) is 9.91. The lowest BCUT2D eigenvalue weighted by molar-refractivity contribution is -0.275. The number of carbonyl (C=O) groups is 4.